The van der Waals surface area contributed by atoms with Crippen LogP contribution in [0.25, 0.3) is 0 Å². The highest BCUT2D eigenvalue weighted by atomic mass is 16.2. The van der Waals surface area contributed by atoms with Gasteiger partial charge in [0.05, 0.1) is 6.07 Å². The number of fused-ring (bicyclic) bond motifs is 1. The first kappa shape index (κ1) is 17.5. The van der Waals surface area contributed by atoms with Gasteiger partial charge in [0.15, 0.2) is 0 Å². The Kier molecular flexibility index (Phi) is 4.55. The highest BCUT2D eigenvalue weighted by Crippen LogP contribution is 2.29. The lowest BCUT2D eigenvalue weighted by Gasteiger charge is -2.42. The number of amides is 2. The molecule has 25 heavy (non-hydrogen) atoms. The lowest BCUT2D eigenvalue weighted by molar-refractivity contribution is -0.128. The Morgan fingerprint density at radius 1 is 1.28 bits per heavy atom. The molecule has 1 N–H and O–H groups in total. The van der Waals surface area contributed by atoms with Crippen molar-refractivity contribution >= 4 is 11.8 Å². The molecule has 1 aromatic carbocycles. The molecule has 132 valence electrons. The third-order valence-electron chi connectivity index (χ3n) is 5.36. The van der Waals surface area contributed by atoms with Gasteiger partial charge in [-0.1, -0.05) is 32.9 Å². The summed E-state index contributed by atoms with van der Waals surface area (Å²) in [7, 11) is 0. The van der Waals surface area contributed by atoms with Crippen molar-refractivity contribution in [1.82, 2.24) is 10.2 Å². The number of nitrogens with one attached hydrogen (secondary N) is 1. The third-order valence-corrected chi connectivity index (χ3v) is 5.36. The Hall–Kier alpha value is -2.35. The number of rotatable bonds is 1. The van der Waals surface area contributed by atoms with Crippen LogP contribution in [0.2, 0.25) is 0 Å². The van der Waals surface area contributed by atoms with Crippen molar-refractivity contribution in [3.8, 4) is 6.07 Å². The summed E-state index contributed by atoms with van der Waals surface area (Å²) in [5.74, 6) is -0.568. The van der Waals surface area contributed by atoms with Crippen LogP contribution in [0.5, 0.6) is 0 Å². The van der Waals surface area contributed by atoms with Crippen molar-refractivity contribution in [2.45, 2.75) is 45.1 Å². The second-order valence-electron chi connectivity index (χ2n) is 8.16. The zero-order valence-electron chi connectivity index (χ0n) is 15.1. The van der Waals surface area contributed by atoms with E-state index in [9.17, 15) is 9.59 Å². The molecule has 2 aliphatic heterocycles. The monoisotopic (exact) mass is 339 g/mol. The fourth-order valence-corrected chi connectivity index (χ4v) is 3.75. The molecule has 0 radical (unpaired) electrons. The third kappa shape index (κ3) is 3.53. The minimum absolute atomic E-state index is 0.0318. The number of carbonyl (C=O) groups is 2. The van der Waals surface area contributed by atoms with Crippen LogP contribution in [-0.2, 0) is 10.2 Å². The zero-order valence-corrected chi connectivity index (χ0v) is 15.1. The highest BCUT2D eigenvalue weighted by Gasteiger charge is 2.40. The van der Waals surface area contributed by atoms with Crippen molar-refractivity contribution in [2.75, 3.05) is 13.1 Å². The van der Waals surface area contributed by atoms with Crippen molar-refractivity contribution in [2.24, 2.45) is 11.8 Å². The van der Waals surface area contributed by atoms with Crippen LogP contribution < -0.4 is 5.32 Å². The summed E-state index contributed by atoms with van der Waals surface area (Å²) in [6, 6.07) is 9.99. The number of likely N-dealkylation sites (tertiary alicyclic amines) is 1. The lowest BCUT2D eigenvalue weighted by Crippen LogP contribution is -2.57. The fourth-order valence-electron chi connectivity index (χ4n) is 3.75. The van der Waals surface area contributed by atoms with Crippen LogP contribution in [0, 0.1) is 23.2 Å². The van der Waals surface area contributed by atoms with E-state index < -0.39 is 5.92 Å². The van der Waals surface area contributed by atoms with E-state index in [0.29, 0.717) is 25.1 Å². The first-order valence-electron chi connectivity index (χ1n) is 8.89. The minimum atomic E-state index is -0.595. The first-order chi connectivity index (χ1) is 11.8. The zero-order chi connectivity index (χ0) is 18.2. The summed E-state index contributed by atoms with van der Waals surface area (Å²) in [6.45, 7) is 7.69. The first-order valence-corrected chi connectivity index (χ1v) is 8.89. The Labute approximate surface area is 149 Å². The Morgan fingerprint density at radius 3 is 2.56 bits per heavy atom. The molecule has 0 aromatic heterocycles. The van der Waals surface area contributed by atoms with Gasteiger partial charge in [0, 0.05) is 24.7 Å². The van der Waals surface area contributed by atoms with Gasteiger partial charge in [-0.15, -0.1) is 0 Å². The molecule has 2 fully saturated rings. The minimum Gasteiger partial charge on any atom is -0.352 e. The number of hydrogen-bond donors (Lipinski definition) is 1. The number of hydrogen-bond acceptors (Lipinski definition) is 3. The van der Waals surface area contributed by atoms with Crippen LogP contribution in [0.1, 0.15) is 49.5 Å². The highest BCUT2D eigenvalue weighted by molar-refractivity contribution is 5.94. The molecule has 0 aliphatic carbocycles. The Balaban J connectivity index is 1.70. The van der Waals surface area contributed by atoms with Gasteiger partial charge in [-0.3, -0.25) is 9.59 Å². The molecule has 0 saturated carbocycles. The second-order valence-corrected chi connectivity index (χ2v) is 8.16. The molecule has 0 bridgehead atoms. The lowest BCUT2D eigenvalue weighted by atomic mass is 9.80. The molecule has 3 atom stereocenters. The second kappa shape index (κ2) is 6.51. The average molecular weight is 339 g/mol. The van der Waals surface area contributed by atoms with E-state index in [-0.39, 0.29) is 29.2 Å². The van der Waals surface area contributed by atoms with E-state index in [4.69, 9.17) is 5.26 Å². The van der Waals surface area contributed by atoms with Gasteiger partial charge in [-0.25, -0.2) is 0 Å². The van der Waals surface area contributed by atoms with Crippen molar-refractivity contribution in [3.63, 3.8) is 0 Å². The summed E-state index contributed by atoms with van der Waals surface area (Å²) >= 11 is 0. The Bertz CT molecular complexity index is 712. The molecule has 5 nitrogen and oxygen atoms in total. The van der Waals surface area contributed by atoms with Gasteiger partial charge < -0.3 is 10.2 Å². The molecule has 3 rings (SSSR count). The van der Waals surface area contributed by atoms with Gasteiger partial charge in [0.2, 0.25) is 5.91 Å². The Morgan fingerprint density at radius 2 is 1.96 bits per heavy atom. The summed E-state index contributed by atoms with van der Waals surface area (Å²) in [4.78, 5) is 26.5. The predicted octanol–water partition coefficient (Wildman–Crippen LogP) is 2.47. The maximum atomic E-state index is 12.8. The molecule has 2 aliphatic rings. The van der Waals surface area contributed by atoms with E-state index in [0.717, 1.165) is 6.42 Å². The maximum Gasteiger partial charge on any atom is 0.253 e. The van der Waals surface area contributed by atoms with Gasteiger partial charge in [0.25, 0.3) is 5.91 Å². The molecule has 5 heteroatoms. The quantitative estimate of drug-likeness (QED) is 0.854. The summed E-state index contributed by atoms with van der Waals surface area (Å²) < 4.78 is 0. The normalized spacial score (nSPS) is 26.4. The topological polar surface area (TPSA) is 73.2 Å². The number of piperidine rings is 2. The summed E-state index contributed by atoms with van der Waals surface area (Å²) in [5, 5.41) is 12.0. The van der Waals surface area contributed by atoms with Gasteiger partial charge >= 0.3 is 0 Å². The van der Waals surface area contributed by atoms with Crippen molar-refractivity contribution in [3.05, 3.63) is 35.4 Å². The van der Waals surface area contributed by atoms with E-state index in [2.05, 4.69) is 32.2 Å². The fraction of sp³-hybridized carbons (Fsp3) is 0.550. The number of carbonyl (C=O) groups excluding carboxylic acids is 2. The van der Waals surface area contributed by atoms with Crippen LogP contribution in [0.3, 0.4) is 0 Å². The van der Waals surface area contributed by atoms with Gasteiger partial charge in [-0.05, 0) is 41.9 Å². The number of nitriles is 1. The molecular weight excluding hydrogens is 314 g/mol. The summed E-state index contributed by atoms with van der Waals surface area (Å²) in [6.07, 6.45) is 1.29. The van der Waals surface area contributed by atoms with Crippen LogP contribution >= 0.6 is 0 Å². The molecule has 3 unspecified atom stereocenters. The van der Waals surface area contributed by atoms with Gasteiger partial charge in [0.1, 0.15) is 5.92 Å². The molecule has 1 aromatic rings. The van der Waals surface area contributed by atoms with E-state index >= 15 is 0 Å². The molecule has 2 amide bonds. The molecule has 2 heterocycles. The summed E-state index contributed by atoms with van der Waals surface area (Å²) in [5.41, 5.74) is 1.96. The number of benzene rings is 1. The van der Waals surface area contributed by atoms with Crippen LogP contribution in [0.4, 0.5) is 0 Å². The SMILES string of the molecule is CC(C)(C)c1ccc(C(=O)N2CCC3NC(=O)C(C#N)CC3C2)cc1. The van der Waals surface area contributed by atoms with E-state index in [1.165, 1.54) is 5.56 Å². The van der Waals surface area contributed by atoms with Gasteiger partial charge in [-0.2, -0.15) is 5.26 Å². The van der Waals surface area contributed by atoms with E-state index in [1.54, 1.807) is 0 Å². The van der Waals surface area contributed by atoms with Crippen molar-refractivity contribution in [1.29, 1.82) is 5.26 Å². The largest absolute Gasteiger partial charge is 0.352 e. The van der Waals surface area contributed by atoms with Crippen molar-refractivity contribution < 1.29 is 9.59 Å². The molecule has 0 spiro atoms. The maximum absolute atomic E-state index is 12.8. The average Bonchev–Trinajstić information content (AvgIpc) is 2.59. The standard InChI is InChI=1S/C20H25N3O2/c1-20(2,3)16-6-4-13(5-7-16)19(25)23-9-8-17-15(12-23)10-14(11-21)18(24)22-17/h4-7,14-15,17H,8-10,12H2,1-3H3,(H,22,24). The predicted molar refractivity (Wildman–Crippen MR) is 94.8 cm³/mol. The molecular formula is C20H25N3O2. The van der Waals surface area contributed by atoms with E-state index in [1.807, 2.05) is 29.2 Å². The number of nitrogens with zero attached hydrogens (tertiary/aromatic N) is 2. The van der Waals surface area contributed by atoms with Crippen LogP contribution in [-0.4, -0.2) is 35.8 Å². The molecule has 2 saturated heterocycles. The van der Waals surface area contributed by atoms with Crippen LogP contribution in [0.15, 0.2) is 24.3 Å². The smallest absolute Gasteiger partial charge is 0.253 e.